The van der Waals surface area contributed by atoms with Crippen LogP contribution in [0.25, 0.3) is 0 Å². The zero-order chi connectivity index (χ0) is 17.6. The van der Waals surface area contributed by atoms with Gasteiger partial charge in [-0.2, -0.15) is 0 Å². The molecule has 2 N–H and O–H groups in total. The van der Waals surface area contributed by atoms with Gasteiger partial charge in [0.15, 0.2) is 0 Å². The molecule has 0 aliphatic carbocycles. The SMILES string of the molecule is CCOC(=O)C(C(Nc1ccccc1)c1ccccc1)C(C)(C)O. The average Bonchev–Trinajstić information content (AvgIpc) is 2.55. The molecule has 2 rings (SSSR count). The van der Waals surface area contributed by atoms with Gasteiger partial charge < -0.3 is 15.2 Å². The second kappa shape index (κ2) is 7.97. The van der Waals surface area contributed by atoms with E-state index in [4.69, 9.17) is 4.74 Å². The number of hydrogen-bond acceptors (Lipinski definition) is 4. The normalized spacial score (nSPS) is 13.8. The molecule has 24 heavy (non-hydrogen) atoms. The van der Waals surface area contributed by atoms with Crippen molar-refractivity contribution in [1.82, 2.24) is 0 Å². The number of esters is 1. The van der Waals surface area contributed by atoms with Gasteiger partial charge in [0.1, 0.15) is 5.92 Å². The molecule has 0 saturated heterocycles. The molecule has 0 aliphatic rings. The van der Waals surface area contributed by atoms with Crippen LogP contribution >= 0.6 is 0 Å². The van der Waals surface area contributed by atoms with Crippen LogP contribution in [0.3, 0.4) is 0 Å². The molecule has 2 atom stereocenters. The third-order valence-electron chi connectivity index (χ3n) is 3.89. The zero-order valence-electron chi connectivity index (χ0n) is 14.4. The molecule has 0 bridgehead atoms. The van der Waals surface area contributed by atoms with Crippen LogP contribution in [-0.2, 0) is 9.53 Å². The van der Waals surface area contributed by atoms with Crippen molar-refractivity contribution >= 4 is 11.7 Å². The van der Waals surface area contributed by atoms with Crippen molar-refractivity contribution in [3.05, 3.63) is 66.2 Å². The molecule has 4 heteroatoms. The van der Waals surface area contributed by atoms with E-state index in [1.807, 2.05) is 60.7 Å². The van der Waals surface area contributed by atoms with Crippen LogP contribution in [0, 0.1) is 5.92 Å². The predicted octanol–water partition coefficient (Wildman–Crippen LogP) is 3.79. The summed E-state index contributed by atoms with van der Waals surface area (Å²) in [5, 5.41) is 14.0. The van der Waals surface area contributed by atoms with Gasteiger partial charge in [-0.25, -0.2) is 0 Å². The summed E-state index contributed by atoms with van der Waals surface area (Å²) in [6.07, 6.45) is 0. The number of para-hydroxylation sites is 1. The van der Waals surface area contributed by atoms with Crippen LogP contribution in [-0.4, -0.2) is 23.3 Å². The number of carbonyl (C=O) groups is 1. The van der Waals surface area contributed by atoms with Gasteiger partial charge in [-0.15, -0.1) is 0 Å². The maximum Gasteiger partial charge on any atom is 0.314 e. The van der Waals surface area contributed by atoms with Crippen molar-refractivity contribution in [1.29, 1.82) is 0 Å². The maximum atomic E-state index is 12.6. The number of aliphatic hydroxyl groups is 1. The molecule has 0 fully saturated rings. The van der Waals surface area contributed by atoms with E-state index < -0.39 is 23.5 Å². The highest BCUT2D eigenvalue weighted by Gasteiger charge is 2.41. The van der Waals surface area contributed by atoms with Gasteiger partial charge in [-0.1, -0.05) is 48.5 Å². The number of benzene rings is 2. The largest absolute Gasteiger partial charge is 0.466 e. The zero-order valence-corrected chi connectivity index (χ0v) is 14.4. The van der Waals surface area contributed by atoms with Crippen LogP contribution in [0.2, 0.25) is 0 Å². The van der Waals surface area contributed by atoms with Gasteiger partial charge >= 0.3 is 5.97 Å². The monoisotopic (exact) mass is 327 g/mol. The van der Waals surface area contributed by atoms with Gasteiger partial charge in [0, 0.05) is 5.69 Å². The lowest BCUT2D eigenvalue weighted by Gasteiger charge is -2.35. The molecule has 0 aromatic heterocycles. The highest BCUT2D eigenvalue weighted by Crippen LogP contribution is 2.34. The number of hydrogen-bond donors (Lipinski definition) is 2. The summed E-state index contributed by atoms with van der Waals surface area (Å²) in [6, 6.07) is 18.9. The molecule has 2 aromatic rings. The number of ether oxygens (including phenoxy) is 1. The Morgan fingerprint density at radius 3 is 2.12 bits per heavy atom. The predicted molar refractivity (Wildman–Crippen MR) is 95.7 cm³/mol. The number of nitrogens with one attached hydrogen (secondary N) is 1. The van der Waals surface area contributed by atoms with E-state index in [9.17, 15) is 9.90 Å². The summed E-state index contributed by atoms with van der Waals surface area (Å²) < 4.78 is 5.23. The van der Waals surface area contributed by atoms with E-state index in [2.05, 4.69) is 5.32 Å². The number of carbonyl (C=O) groups excluding carboxylic acids is 1. The molecule has 0 radical (unpaired) electrons. The quantitative estimate of drug-likeness (QED) is 0.760. The van der Waals surface area contributed by atoms with Gasteiger partial charge in [-0.05, 0) is 38.5 Å². The standard InChI is InChI=1S/C20H25NO3/c1-4-24-19(22)17(20(2,3)23)18(15-11-7-5-8-12-15)21-16-13-9-6-10-14-16/h5-14,17-18,21,23H,4H2,1-3H3. The van der Waals surface area contributed by atoms with Crippen LogP contribution in [0.5, 0.6) is 0 Å². The molecule has 0 saturated carbocycles. The van der Waals surface area contributed by atoms with Crippen LogP contribution in [0.4, 0.5) is 5.69 Å². The summed E-state index contributed by atoms with van der Waals surface area (Å²) >= 11 is 0. The first-order chi connectivity index (χ1) is 11.4. The fourth-order valence-electron chi connectivity index (χ4n) is 2.80. The molecule has 2 aromatic carbocycles. The Balaban J connectivity index is 2.44. The molecule has 0 spiro atoms. The molecular formula is C20H25NO3. The number of anilines is 1. The highest BCUT2D eigenvalue weighted by molar-refractivity contribution is 5.76. The summed E-state index contributed by atoms with van der Waals surface area (Å²) in [4.78, 5) is 12.6. The van der Waals surface area contributed by atoms with E-state index in [0.29, 0.717) is 0 Å². The molecule has 2 unspecified atom stereocenters. The van der Waals surface area contributed by atoms with E-state index >= 15 is 0 Å². The van der Waals surface area contributed by atoms with Crippen molar-refractivity contribution in [3.63, 3.8) is 0 Å². The molecule has 4 nitrogen and oxygen atoms in total. The van der Waals surface area contributed by atoms with Crippen LogP contribution in [0.15, 0.2) is 60.7 Å². The minimum atomic E-state index is -1.24. The second-order valence-corrected chi connectivity index (χ2v) is 6.28. The van der Waals surface area contributed by atoms with E-state index in [1.54, 1.807) is 20.8 Å². The topological polar surface area (TPSA) is 58.6 Å². The Kier molecular flexibility index (Phi) is 5.99. The van der Waals surface area contributed by atoms with Gasteiger partial charge in [-0.3, -0.25) is 4.79 Å². The lowest BCUT2D eigenvalue weighted by Crippen LogP contribution is -2.44. The molecule has 128 valence electrons. The van der Waals surface area contributed by atoms with Crippen molar-refractivity contribution < 1.29 is 14.6 Å². The Morgan fingerprint density at radius 1 is 1.08 bits per heavy atom. The van der Waals surface area contributed by atoms with E-state index in [0.717, 1.165) is 11.3 Å². The van der Waals surface area contributed by atoms with E-state index in [1.165, 1.54) is 0 Å². The van der Waals surface area contributed by atoms with Gasteiger partial charge in [0.2, 0.25) is 0 Å². The molecular weight excluding hydrogens is 302 g/mol. The Bertz CT molecular complexity index is 635. The van der Waals surface area contributed by atoms with Crippen molar-refractivity contribution in [3.8, 4) is 0 Å². The van der Waals surface area contributed by atoms with Crippen LogP contribution in [0.1, 0.15) is 32.4 Å². The summed E-state index contributed by atoms with van der Waals surface area (Å²) in [6.45, 7) is 5.31. The minimum Gasteiger partial charge on any atom is -0.466 e. The first-order valence-electron chi connectivity index (χ1n) is 8.19. The summed E-state index contributed by atoms with van der Waals surface area (Å²) in [5.41, 5.74) is 0.556. The smallest absolute Gasteiger partial charge is 0.314 e. The van der Waals surface area contributed by atoms with Gasteiger partial charge in [0.05, 0.1) is 18.2 Å². The van der Waals surface area contributed by atoms with Gasteiger partial charge in [0.25, 0.3) is 0 Å². The van der Waals surface area contributed by atoms with Crippen molar-refractivity contribution in [2.45, 2.75) is 32.4 Å². The lowest BCUT2D eigenvalue weighted by molar-refractivity contribution is -0.157. The first kappa shape index (κ1) is 18.0. The Hall–Kier alpha value is -2.33. The second-order valence-electron chi connectivity index (χ2n) is 6.28. The van der Waals surface area contributed by atoms with Crippen molar-refractivity contribution in [2.75, 3.05) is 11.9 Å². The molecule has 0 heterocycles. The summed E-state index contributed by atoms with van der Waals surface area (Å²) in [5.74, 6) is -1.16. The lowest BCUT2D eigenvalue weighted by atomic mass is 9.81. The maximum absolute atomic E-state index is 12.6. The molecule has 0 aliphatic heterocycles. The molecule has 0 amide bonds. The van der Waals surface area contributed by atoms with E-state index in [-0.39, 0.29) is 6.61 Å². The van der Waals surface area contributed by atoms with Crippen LogP contribution < -0.4 is 5.32 Å². The minimum absolute atomic E-state index is 0.276. The first-order valence-corrected chi connectivity index (χ1v) is 8.19. The number of rotatable bonds is 7. The fourth-order valence-corrected chi connectivity index (χ4v) is 2.80. The average molecular weight is 327 g/mol. The Labute approximate surface area is 143 Å². The summed E-state index contributed by atoms with van der Waals surface area (Å²) in [7, 11) is 0. The Morgan fingerprint density at radius 2 is 1.62 bits per heavy atom. The highest BCUT2D eigenvalue weighted by atomic mass is 16.5. The van der Waals surface area contributed by atoms with Crippen molar-refractivity contribution in [2.24, 2.45) is 5.92 Å². The third kappa shape index (κ3) is 4.59. The third-order valence-corrected chi connectivity index (χ3v) is 3.89. The fraction of sp³-hybridized carbons (Fsp3) is 0.350.